The number of nitro benzene ring substituents is 1. The first-order valence-corrected chi connectivity index (χ1v) is 5.71. The third-order valence-electron chi connectivity index (χ3n) is 2.61. The first-order valence-electron chi connectivity index (χ1n) is 5.71. The van der Waals surface area contributed by atoms with Gasteiger partial charge in [-0.3, -0.25) is 10.1 Å². The van der Waals surface area contributed by atoms with Crippen LogP contribution in [0, 0.1) is 21.4 Å². The van der Waals surface area contributed by atoms with E-state index in [4.69, 9.17) is 15.1 Å². The summed E-state index contributed by atoms with van der Waals surface area (Å²) in [5, 5.41) is 28.5. The number of nitrogens with zero attached hydrogens (tertiary/aromatic N) is 2. The molecule has 21 heavy (non-hydrogen) atoms. The number of nitriles is 1. The van der Waals surface area contributed by atoms with Gasteiger partial charge in [-0.2, -0.15) is 5.26 Å². The number of aromatic carboxylic acids is 1. The fourth-order valence-electron chi connectivity index (χ4n) is 1.60. The van der Waals surface area contributed by atoms with Crippen LogP contribution in [-0.4, -0.2) is 16.0 Å². The molecule has 0 fully saturated rings. The first-order chi connectivity index (χ1) is 10.0. The molecule has 0 saturated carbocycles. The average molecular weight is 284 g/mol. The number of carboxylic acid groups (broad SMARTS) is 1. The highest BCUT2D eigenvalue weighted by Gasteiger charge is 2.18. The molecule has 0 heterocycles. The van der Waals surface area contributed by atoms with Gasteiger partial charge in [-0.25, -0.2) is 4.79 Å². The summed E-state index contributed by atoms with van der Waals surface area (Å²) < 4.78 is 5.35. The van der Waals surface area contributed by atoms with E-state index in [9.17, 15) is 14.9 Å². The van der Waals surface area contributed by atoms with Gasteiger partial charge in [0.2, 0.25) is 5.75 Å². The smallest absolute Gasteiger partial charge is 0.335 e. The molecule has 0 saturated heterocycles. The molecule has 2 aromatic carbocycles. The Labute approximate surface area is 118 Å². The largest absolute Gasteiger partial charge is 0.478 e. The molecular formula is C14H8N2O5. The Kier molecular flexibility index (Phi) is 3.81. The van der Waals surface area contributed by atoms with Crippen LogP contribution in [0.5, 0.6) is 11.5 Å². The van der Waals surface area contributed by atoms with Gasteiger partial charge < -0.3 is 9.84 Å². The van der Waals surface area contributed by atoms with Gasteiger partial charge in [0, 0.05) is 12.1 Å². The number of rotatable bonds is 4. The van der Waals surface area contributed by atoms with Gasteiger partial charge in [0.25, 0.3) is 0 Å². The fourth-order valence-corrected chi connectivity index (χ4v) is 1.60. The molecule has 1 N–H and O–H groups in total. The van der Waals surface area contributed by atoms with Gasteiger partial charge in [0.05, 0.1) is 22.1 Å². The maximum atomic E-state index is 10.9. The quantitative estimate of drug-likeness (QED) is 0.682. The zero-order chi connectivity index (χ0) is 15.4. The minimum atomic E-state index is -1.21. The van der Waals surface area contributed by atoms with Crippen LogP contribution >= 0.6 is 0 Å². The highest BCUT2D eigenvalue weighted by Crippen LogP contribution is 2.32. The minimum Gasteiger partial charge on any atom is -0.478 e. The second-order valence-corrected chi connectivity index (χ2v) is 3.98. The van der Waals surface area contributed by atoms with Crippen LogP contribution in [0.2, 0.25) is 0 Å². The van der Waals surface area contributed by atoms with Crippen LogP contribution in [0.1, 0.15) is 15.9 Å². The van der Waals surface area contributed by atoms with E-state index in [-0.39, 0.29) is 22.7 Å². The van der Waals surface area contributed by atoms with Gasteiger partial charge in [0.1, 0.15) is 5.75 Å². The minimum absolute atomic E-state index is 0.121. The Morgan fingerprint density at radius 3 is 2.43 bits per heavy atom. The van der Waals surface area contributed by atoms with Gasteiger partial charge in [0.15, 0.2) is 0 Å². The molecular weight excluding hydrogens is 276 g/mol. The molecule has 0 amide bonds. The lowest BCUT2D eigenvalue weighted by molar-refractivity contribution is -0.385. The molecule has 0 aromatic heterocycles. The predicted molar refractivity (Wildman–Crippen MR) is 71.3 cm³/mol. The van der Waals surface area contributed by atoms with Crippen LogP contribution in [0.3, 0.4) is 0 Å². The SMILES string of the molecule is N#Cc1ccc(Oc2cc(C(=O)O)ccc2[N+](=O)[O-])cc1. The summed E-state index contributed by atoms with van der Waals surface area (Å²) in [6, 6.07) is 11.1. The van der Waals surface area contributed by atoms with Crippen LogP contribution in [0.15, 0.2) is 42.5 Å². The molecule has 0 aliphatic rings. The molecule has 0 spiro atoms. The van der Waals surface area contributed by atoms with Crippen molar-refractivity contribution < 1.29 is 19.6 Å². The highest BCUT2D eigenvalue weighted by atomic mass is 16.6. The van der Waals surface area contributed by atoms with Crippen LogP contribution in [-0.2, 0) is 0 Å². The van der Waals surface area contributed by atoms with Crippen molar-refractivity contribution in [3.8, 4) is 17.6 Å². The van der Waals surface area contributed by atoms with Crippen molar-refractivity contribution in [2.75, 3.05) is 0 Å². The van der Waals surface area contributed by atoms with Crippen molar-refractivity contribution in [1.29, 1.82) is 5.26 Å². The second kappa shape index (κ2) is 5.71. The summed E-state index contributed by atoms with van der Waals surface area (Å²) in [6.07, 6.45) is 0. The fraction of sp³-hybridized carbons (Fsp3) is 0. The zero-order valence-electron chi connectivity index (χ0n) is 10.5. The van der Waals surface area contributed by atoms with Crippen molar-refractivity contribution in [3.63, 3.8) is 0 Å². The van der Waals surface area contributed by atoms with Crippen molar-refractivity contribution in [2.24, 2.45) is 0 Å². The van der Waals surface area contributed by atoms with Gasteiger partial charge in [-0.1, -0.05) is 0 Å². The van der Waals surface area contributed by atoms with Crippen LogP contribution in [0.4, 0.5) is 5.69 Å². The maximum Gasteiger partial charge on any atom is 0.335 e. The lowest BCUT2D eigenvalue weighted by Gasteiger charge is -2.07. The number of ether oxygens (including phenoxy) is 1. The summed E-state index contributed by atoms with van der Waals surface area (Å²) in [5.41, 5.74) is -0.0512. The third kappa shape index (κ3) is 3.13. The van der Waals surface area contributed by atoms with E-state index in [1.54, 1.807) is 0 Å². The molecule has 7 nitrogen and oxygen atoms in total. The van der Waals surface area contributed by atoms with Crippen molar-refractivity contribution in [1.82, 2.24) is 0 Å². The van der Waals surface area contributed by atoms with Crippen molar-refractivity contribution >= 4 is 11.7 Å². The zero-order valence-corrected chi connectivity index (χ0v) is 10.5. The molecule has 2 aromatic rings. The second-order valence-electron chi connectivity index (χ2n) is 3.98. The Hall–Kier alpha value is -3.40. The summed E-state index contributed by atoms with van der Waals surface area (Å²) in [7, 11) is 0. The number of hydrogen-bond acceptors (Lipinski definition) is 5. The van der Waals surface area contributed by atoms with E-state index in [2.05, 4.69) is 0 Å². The van der Waals surface area contributed by atoms with Crippen molar-refractivity contribution in [2.45, 2.75) is 0 Å². The number of carbonyl (C=O) groups is 1. The van der Waals surface area contributed by atoms with Gasteiger partial charge in [-0.15, -0.1) is 0 Å². The highest BCUT2D eigenvalue weighted by molar-refractivity contribution is 5.88. The van der Waals surface area contributed by atoms with E-state index in [1.165, 1.54) is 24.3 Å². The number of hydrogen-bond donors (Lipinski definition) is 1. The van der Waals surface area contributed by atoms with E-state index >= 15 is 0 Å². The normalized spacial score (nSPS) is 9.67. The molecule has 0 aliphatic carbocycles. The molecule has 7 heteroatoms. The van der Waals surface area contributed by atoms with E-state index < -0.39 is 10.9 Å². The summed E-state index contributed by atoms with van der Waals surface area (Å²) in [5.74, 6) is -1.13. The maximum absolute atomic E-state index is 10.9. The molecule has 0 radical (unpaired) electrons. The lowest BCUT2D eigenvalue weighted by atomic mass is 10.2. The standard InChI is InChI=1S/C14H8N2O5/c15-8-9-1-4-11(5-2-9)21-13-7-10(14(17)18)3-6-12(13)16(19)20/h1-7H,(H,17,18). The van der Waals surface area contributed by atoms with Crippen molar-refractivity contribution in [3.05, 3.63) is 63.7 Å². The molecule has 104 valence electrons. The number of nitro groups is 1. The van der Waals surface area contributed by atoms with Gasteiger partial charge in [-0.05, 0) is 30.3 Å². The monoisotopic (exact) mass is 284 g/mol. The first kappa shape index (κ1) is 14.0. The number of carboxylic acids is 1. The number of benzene rings is 2. The lowest BCUT2D eigenvalue weighted by Crippen LogP contribution is -1.99. The summed E-state index contributed by atoms with van der Waals surface area (Å²) >= 11 is 0. The average Bonchev–Trinajstić information content (AvgIpc) is 2.47. The Morgan fingerprint density at radius 2 is 1.90 bits per heavy atom. The topological polar surface area (TPSA) is 113 Å². The Bertz CT molecular complexity index is 747. The summed E-state index contributed by atoms with van der Waals surface area (Å²) in [4.78, 5) is 21.2. The predicted octanol–water partition coefficient (Wildman–Crippen LogP) is 2.96. The molecule has 0 bridgehead atoms. The Morgan fingerprint density at radius 1 is 1.24 bits per heavy atom. The van der Waals surface area contributed by atoms with Crippen LogP contribution in [0.25, 0.3) is 0 Å². The van der Waals surface area contributed by atoms with Gasteiger partial charge >= 0.3 is 11.7 Å². The summed E-state index contributed by atoms with van der Waals surface area (Å²) in [6.45, 7) is 0. The molecule has 0 atom stereocenters. The molecule has 0 unspecified atom stereocenters. The van der Waals surface area contributed by atoms with E-state index in [1.807, 2.05) is 6.07 Å². The van der Waals surface area contributed by atoms with E-state index in [0.717, 1.165) is 18.2 Å². The Balaban J connectivity index is 2.40. The van der Waals surface area contributed by atoms with Crippen LogP contribution < -0.4 is 4.74 Å². The molecule has 0 aliphatic heterocycles. The third-order valence-corrected chi connectivity index (χ3v) is 2.61. The van der Waals surface area contributed by atoms with E-state index in [0.29, 0.717) is 5.56 Å². The molecule has 2 rings (SSSR count).